The summed E-state index contributed by atoms with van der Waals surface area (Å²) in [6, 6.07) is 1.01. The summed E-state index contributed by atoms with van der Waals surface area (Å²) in [4.78, 5) is 10.1. The maximum absolute atomic E-state index is 12.6. The van der Waals surface area contributed by atoms with Gasteiger partial charge >= 0.3 is 5.69 Å². The molecular weight excluding hydrogens is 302 g/mol. The number of nitrogens with two attached hydrogens (primary N) is 1. The summed E-state index contributed by atoms with van der Waals surface area (Å²) in [6.45, 7) is 4.41. The number of rotatable bonds is 4. The topological polar surface area (TPSA) is 107 Å². The zero-order valence-corrected chi connectivity index (χ0v) is 12.9. The molecule has 7 nitrogen and oxygen atoms in total. The Balaban J connectivity index is 2.40. The molecule has 1 aromatic rings. The third kappa shape index (κ3) is 2.52. The van der Waals surface area contributed by atoms with Gasteiger partial charge in [-0.2, -0.15) is 4.31 Å². The van der Waals surface area contributed by atoms with Crippen molar-refractivity contribution in [3.05, 3.63) is 16.2 Å². The lowest BCUT2D eigenvalue weighted by Gasteiger charge is -2.26. The quantitative estimate of drug-likeness (QED) is 0.675. The molecule has 112 valence electrons. The van der Waals surface area contributed by atoms with E-state index in [4.69, 9.17) is 5.73 Å². The highest BCUT2D eigenvalue weighted by atomic mass is 32.2. The van der Waals surface area contributed by atoms with E-state index in [1.54, 1.807) is 0 Å². The molecule has 1 atom stereocenters. The van der Waals surface area contributed by atoms with Crippen molar-refractivity contribution in [1.29, 1.82) is 0 Å². The van der Waals surface area contributed by atoms with E-state index in [1.165, 1.54) is 4.31 Å². The normalized spacial score (nSPS) is 20.6. The van der Waals surface area contributed by atoms with Crippen molar-refractivity contribution < 1.29 is 13.3 Å². The van der Waals surface area contributed by atoms with Crippen molar-refractivity contribution in [3.63, 3.8) is 0 Å². The molecule has 9 heteroatoms. The molecule has 0 spiro atoms. The van der Waals surface area contributed by atoms with Crippen LogP contribution in [0.15, 0.2) is 10.3 Å². The van der Waals surface area contributed by atoms with Gasteiger partial charge < -0.3 is 5.73 Å². The number of hydrogen-bond acceptors (Lipinski definition) is 6. The molecule has 0 aliphatic carbocycles. The molecule has 1 aliphatic rings. The Bertz CT molecular complexity index is 624. The largest absolute Gasteiger partial charge is 0.385 e. The highest BCUT2D eigenvalue weighted by molar-refractivity contribution is 7.91. The van der Waals surface area contributed by atoms with Crippen LogP contribution in [-0.2, 0) is 10.0 Å². The van der Waals surface area contributed by atoms with Crippen LogP contribution >= 0.6 is 11.3 Å². The van der Waals surface area contributed by atoms with Crippen LogP contribution in [0.1, 0.15) is 26.7 Å². The lowest BCUT2D eigenvalue weighted by atomic mass is 10.0. The smallest absolute Gasteiger partial charge is 0.304 e. The van der Waals surface area contributed by atoms with Crippen molar-refractivity contribution >= 4 is 32.0 Å². The maximum Gasteiger partial charge on any atom is 0.304 e. The van der Waals surface area contributed by atoms with Gasteiger partial charge in [0.1, 0.15) is 4.21 Å². The van der Waals surface area contributed by atoms with Gasteiger partial charge in [0, 0.05) is 18.7 Å². The fourth-order valence-electron chi connectivity index (χ4n) is 2.49. The standard InChI is InChI=1S/C11H17N3O4S2/c1-7(2)8-4-3-5-13(8)20(17,18)10-6-9(14(15)16)11(12)19-10/h6-8H,3-5,12H2,1-2H3. The third-order valence-corrected chi connectivity index (χ3v) is 6.82. The van der Waals surface area contributed by atoms with Crippen LogP contribution in [0.4, 0.5) is 10.7 Å². The van der Waals surface area contributed by atoms with Gasteiger partial charge in [-0.25, -0.2) is 8.42 Å². The van der Waals surface area contributed by atoms with Crippen molar-refractivity contribution in [2.45, 2.75) is 36.9 Å². The summed E-state index contributed by atoms with van der Waals surface area (Å²) in [5, 5.41) is 10.7. The number of hydrogen-bond donors (Lipinski definition) is 1. The molecule has 1 aromatic heterocycles. The van der Waals surface area contributed by atoms with Crippen molar-refractivity contribution in [1.82, 2.24) is 4.31 Å². The predicted molar refractivity (Wildman–Crippen MR) is 77.1 cm³/mol. The van der Waals surface area contributed by atoms with Crippen LogP contribution < -0.4 is 5.73 Å². The molecule has 1 saturated heterocycles. The number of anilines is 1. The first kappa shape index (κ1) is 15.2. The van der Waals surface area contributed by atoms with Crippen LogP contribution in [0.2, 0.25) is 0 Å². The average molecular weight is 319 g/mol. The summed E-state index contributed by atoms with van der Waals surface area (Å²) in [5.41, 5.74) is 5.19. The Morgan fingerprint density at radius 1 is 1.55 bits per heavy atom. The van der Waals surface area contributed by atoms with E-state index in [0.717, 1.165) is 30.2 Å². The van der Waals surface area contributed by atoms with E-state index in [0.29, 0.717) is 6.54 Å². The number of thiophene rings is 1. The second kappa shape index (κ2) is 5.30. The molecule has 2 rings (SSSR count). The van der Waals surface area contributed by atoms with Gasteiger partial charge in [-0.05, 0) is 18.8 Å². The molecular formula is C11H17N3O4S2. The molecule has 0 saturated carbocycles. The van der Waals surface area contributed by atoms with Crippen LogP contribution in [0.5, 0.6) is 0 Å². The number of nitrogens with zero attached hydrogens (tertiary/aromatic N) is 2. The van der Waals surface area contributed by atoms with Gasteiger partial charge in [0.25, 0.3) is 10.0 Å². The molecule has 2 heterocycles. The second-order valence-corrected chi connectivity index (χ2v) is 8.34. The van der Waals surface area contributed by atoms with E-state index in [9.17, 15) is 18.5 Å². The number of nitro groups is 1. The van der Waals surface area contributed by atoms with Crippen LogP contribution in [-0.4, -0.2) is 30.2 Å². The second-order valence-electron chi connectivity index (χ2n) is 5.14. The first-order valence-electron chi connectivity index (χ1n) is 6.30. The minimum Gasteiger partial charge on any atom is -0.385 e. The predicted octanol–water partition coefficient (Wildman–Crippen LogP) is 2.05. The van der Waals surface area contributed by atoms with Gasteiger partial charge in [0.15, 0.2) is 5.00 Å². The summed E-state index contributed by atoms with van der Waals surface area (Å²) in [5.74, 6) is 0.208. The summed E-state index contributed by atoms with van der Waals surface area (Å²) >= 11 is 0.757. The van der Waals surface area contributed by atoms with Crippen LogP contribution in [0.25, 0.3) is 0 Å². The highest BCUT2D eigenvalue weighted by Crippen LogP contribution is 2.38. The Hall–Kier alpha value is -1.19. The lowest BCUT2D eigenvalue weighted by Crippen LogP contribution is -2.38. The molecule has 0 aromatic carbocycles. The van der Waals surface area contributed by atoms with Gasteiger partial charge in [-0.3, -0.25) is 10.1 Å². The van der Waals surface area contributed by atoms with E-state index in [1.807, 2.05) is 13.8 Å². The Kier molecular flexibility index (Phi) is 4.03. The van der Waals surface area contributed by atoms with E-state index >= 15 is 0 Å². The molecule has 0 radical (unpaired) electrons. The molecule has 1 fully saturated rings. The Labute approximate surface area is 121 Å². The highest BCUT2D eigenvalue weighted by Gasteiger charge is 2.38. The van der Waals surface area contributed by atoms with Crippen molar-refractivity contribution in [2.24, 2.45) is 5.92 Å². The summed E-state index contributed by atoms with van der Waals surface area (Å²) < 4.78 is 26.6. The Morgan fingerprint density at radius 2 is 2.20 bits per heavy atom. The van der Waals surface area contributed by atoms with Gasteiger partial charge in [-0.15, -0.1) is 0 Å². The van der Waals surface area contributed by atoms with E-state index < -0.39 is 14.9 Å². The van der Waals surface area contributed by atoms with Gasteiger partial charge in [0.05, 0.1) is 4.92 Å². The van der Waals surface area contributed by atoms with Crippen molar-refractivity contribution in [3.8, 4) is 0 Å². The number of sulfonamides is 1. The zero-order chi connectivity index (χ0) is 15.1. The first-order chi connectivity index (χ1) is 9.25. The van der Waals surface area contributed by atoms with Gasteiger partial charge in [-0.1, -0.05) is 25.2 Å². The monoisotopic (exact) mass is 319 g/mol. The SMILES string of the molecule is CC(C)C1CCCN1S(=O)(=O)c1cc([N+](=O)[O-])c(N)s1. The fourth-order valence-corrected chi connectivity index (χ4v) is 5.66. The summed E-state index contributed by atoms with van der Waals surface area (Å²) in [7, 11) is -3.70. The maximum atomic E-state index is 12.6. The molecule has 0 amide bonds. The molecule has 1 aliphatic heterocycles. The lowest BCUT2D eigenvalue weighted by molar-refractivity contribution is -0.383. The fraction of sp³-hybridized carbons (Fsp3) is 0.636. The molecule has 2 N–H and O–H groups in total. The molecule has 0 bridgehead atoms. The van der Waals surface area contributed by atoms with E-state index in [2.05, 4.69) is 0 Å². The first-order valence-corrected chi connectivity index (χ1v) is 8.56. The van der Waals surface area contributed by atoms with E-state index in [-0.39, 0.29) is 26.9 Å². The van der Waals surface area contributed by atoms with Crippen LogP contribution in [0, 0.1) is 16.0 Å². The minimum absolute atomic E-state index is 0.0470. The molecule has 20 heavy (non-hydrogen) atoms. The van der Waals surface area contributed by atoms with Gasteiger partial charge in [0.2, 0.25) is 0 Å². The number of nitrogen functional groups attached to an aromatic ring is 1. The zero-order valence-electron chi connectivity index (χ0n) is 11.3. The summed E-state index contributed by atoms with van der Waals surface area (Å²) in [6.07, 6.45) is 1.63. The Morgan fingerprint density at radius 3 is 2.70 bits per heavy atom. The average Bonchev–Trinajstić information content (AvgIpc) is 2.94. The third-order valence-electron chi connectivity index (χ3n) is 3.50. The van der Waals surface area contributed by atoms with Crippen LogP contribution in [0.3, 0.4) is 0 Å². The molecule has 1 unspecified atom stereocenters. The minimum atomic E-state index is -3.70. The van der Waals surface area contributed by atoms with Crippen molar-refractivity contribution in [2.75, 3.05) is 12.3 Å².